The normalized spacial score (nSPS) is 11.1. The number of alkyl halides is 2. The number of carbonyl (C=O) groups excluding carboxylic acids is 1. The molecular formula is C16H15F2NO2. The number of rotatable bonds is 5. The lowest BCUT2D eigenvalue weighted by molar-refractivity contribution is -0.155. The molecule has 0 aliphatic rings. The fourth-order valence-corrected chi connectivity index (χ4v) is 1.79. The first-order valence-corrected chi connectivity index (χ1v) is 6.41. The first-order chi connectivity index (χ1) is 9.97. The molecule has 2 N–H and O–H groups in total. The SMILES string of the molecule is Nc1ccc(CC(=O)OCC(F)(F)c2ccccc2)cc1. The van der Waals surface area contributed by atoms with Crippen LogP contribution < -0.4 is 5.73 Å². The minimum absolute atomic E-state index is 0.0643. The molecule has 0 aromatic heterocycles. The van der Waals surface area contributed by atoms with Crippen LogP contribution in [0.5, 0.6) is 0 Å². The predicted molar refractivity (Wildman–Crippen MR) is 75.9 cm³/mol. The lowest BCUT2D eigenvalue weighted by atomic mass is 10.1. The van der Waals surface area contributed by atoms with Gasteiger partial charge in [-0.3, -0.25) is 4.79 Å². The number of nitrogens with two attached hydrogens (primary N) is 1. The van der Waals surface area contributed by atoms with E-state index in [0.717, 1.165) is 0 Å². The molecule has 0 aliphatic carbocycles. The van der Waals surface area contributed by atoms with Crippen LogP contribution in [0, 0.1) is 0 Å². The van der Waals surface area contributed by atoms with E-state index < -0.39 is 18.5 Å². The Kier molecular flexibility index (Phi) is 4.52. The van der Waals surface area contributed by atoms with Crippen molar-refractivity contribution in [3.8, 4) is 0 Å². The molecule has 110 valence electrons. The van der Waals surface area contributed by atoms with Gasteiger partial charge in [0.1, 0.15) is 0 Å². The van der Waals surface area contributed by atoms with Crippen LogP contribution in [0.2, 0.25) is 0 Å². The van der Waals surface area contributed by atoms with Crippen LogP contribution in [0.15, 0.2) is 54.6 Å². The van der Waals surface area contributed by atoms with E-state index in [1.165, 1.54) is 24.3 Å². The summed E-state index contributed by atoms with van der Waals surface area (Å²) in [5.74, 6) is -3.90. The molecule has 0 unspecified atom stereocenters. The molecule has 0 heterocycles. The van der Waals surface area contributed by atoms with E-state index >= 15 is 0 Å². The Hall–Kier alpha value is -2.43. The fraction of sp³-hybridized carbons (Fsp3) is 0.188. The van der Waals surface area contributed by atoms with Gasteiger partial charge in [0, 0.05) is 11.3 Å². The maximum atomic E-state index is 13.8. The lowest BCUT2D eigenvalue weighted by Gasteiger charge is -2.16. The van der Waals surface area contributed by atoms with Crippen molar-refractivity contribution in [2.24, 2.45) is 0 Å². The van der Waals surface area contributed by atoms with Gasteiger partial charge >= 0.3 is 11.9 Å². The summed E-state index contributed by atoms with van der Waals surface area (Å²) in [6.45, 7) is -0.967. The molecule has 0 aliphatic heterocycles. The van der Waals surface area contributed by atoms with E-state index in [9.17, 15) is 13.6 Å². The fourth-order valence-electron chi connectivity index (χ4n) is 1.79. The number of anilines is 1. The minimum Gasteiger partial charge on any atom is -0.459 e. The van der Waals surface area contributed by atoms with E-state index in [1.54, 1.807) is 30.3 Å². The Morgan fingerprint density at radius 3 is 2.29 bits per heavy atom. The summed E-state index contributed by atoms with van der Waals surface area (Å²) in [7, 11) is 0. The van der Waals surface area contributed by atoms with Gasteiger partial charge in [-0.1, -0.05) is 42.5 Å². The molecule has 0 amide bonds. The minimum atomic E-state index is -3.20. The summed E-state index contributed by atoms with van der Waals surface area (Å²) in [5.41, 5.74) is 6.58. The van der Waals surface area contributed by atoms with Gasteiger partial charge in [0.05, 0.1) is 6.42 Å². The maximum Gasteiger partial charge on any atom is 0.310 e. The highest BCUT2D eigenvalue weighted by Gasteiger charge is 2.33. The van der Waals surface area contributed by atoms with Crippen LogP contribution in [0.25, 0.3) is 0 Å². The summed E-state index contributed by atoms with van der Waals surface area (Å²) < 4.78 is 32.3. The molecule has 0 atom stereocenters. The van der Waals surface area contributed by atoms with Crippen molar-refractivity contribution in [3.05, 3.63) is 65.7 Å². The number of halogens is 2. The quantitative estimate of drug-likeness (QED) is 0.680. The van der Waals surface area contributed by atoms with Crippen molar-refractivity contribution >= 4 is 11.7 Å². The van der Waals surface area contributed by atoms with E-state index in [0.29, 0.717) is 11.3 Å². The van der Waals surface area contributed by atoms with Gasteiger partial charge in [0.2, 0.25) is 0 Å². The molecule has 2 aromatic carbocycles. The van der Waals surface area contributed by atoms with Crippen LogP contribution in [0.4, 0.5) is 14.5 Å². The van der Waals surface area contributed by atoms with Crippen molar-refractivity contribution in [3.63, 3.8) is 0 Å². The monoisotopic (exact) mass is 291 g/mol. The lowest BCUT2D eigenvalue weighted by Crippen LogP contribution is -2.24. The first-order valence-electron chi connectivity index (χ1n) is 6.41. The highest BCUT2D eigenvalue weighted by atomic mass is 19.3. The molecule has 0 radical (unpaired) electrons. The molecule has 0 fully saturated rings. The first kappa shape index (κ1) is 15.0. The highest BCUT2D eigenvalue weighted by molar-refractivity contribution is 5.72. The number of hydrogen-bond donors (Lipinski definition) is 1. The zero-order valence-corrected chi connectivity index (χ0v) is 11.3. The molecule has 0 saturated heterocycles. The Balaban J connectivity index is 1.90. The van der Waals surface area contributed by atoms with E-state index in [-0.39, 0.29) is 12.0 Å². The largest absolute Gasteiger partial charge is 0.459 e. The Labute approximate surface area is 121 Å². The molecule has 0 spiro atoms. The molecular weight excluding hydrogens is 276 g/mol. The third-order valence-corrected chi connectivity index (χ3v) is 2.94. The number of esters is 1. The van der Waals surface area contributed by atoms with Crippen LogP contribution >= 0.6 is 0 Å². The highest BCUT2D eigenvalue weighted by Crippen LogP contribution is 2.27. The number of nitrogen functional groups attached to an aromatic ring is 1. The van der Waals surface area contributed by atoms with Crippen molar-refractivity contribution in [2.75, 3.05) is 12.3 Å². The van der Waals surface area contributed by atoms with Gasteiger partial charge in [-0.05, 0) is 17.7 Å². The maximum absolute atomic E-state index is 13.8. The average Bonchev–Trinajstić information content (AvgIpc) is 2.49. The molecule has 2 rings (SSSR count). The number of hydrogen-bond acceptors (Lipinski definition) is 3. The zero-order valence-electron chi connectivity index (χ0n) is 11.3. The molecule has 3 nitrogen and oxygen atoms in total. The van der Waals surface area contributed by atoms with Crippen LogP contribution in [0.1, 0.15) is 11.1 Å². The third kappa shape index (κ3) is 4.27. The summed E-state index contributed by atoms with van der Waals surface area (Å²) in [6.07, 6.45) is -0.0643. The second-order valence-corrected chi connectivity index (χ2v) is 4.65. The number of benzene rings is 2. The Bertz CT molecular complexity index is 597. The molecule has 21 heavy (non-hydrogen) atoms. The van der Waals surface area contributed by atoms with E-state index in [4.69, 9.17) is 5.73 Å². The van der Waals surface area contributed by atoms with Crippen molar-refractivity contribution in [1.82, 2.24) is 0 Å². The van der Waals surface area contributed by atoms with Crippen LogP contribution in [-0.4, -0.2) is 12.6 Å². The molecule has 5 heteroatoms. The van der Waals surface area contributed by atoms with Crippen molar-refractivity contribution in [1.29, 1.82) is 0 Å². The van der Waals surface area contributed by atoms with Gasteiger partial charge in [-0.15, -0.1) is 0 Å². The summed E-state index contributed by atoms with van der Waals surface area (Å²) in [4.78, 5) is 11.6. The molecule has 0 bridgehead atoms. The zero-order chi connectivity index (χ0) is 15.3. The smallest absolute Gasteiger partial charge is 0.310 e. The topological polar surface area (TPSA) is 52.3 Å². The van der Waals surface area contributed by atoms with Crippen molar-refractivity contribution in [2.45, 2.75) is 12.3 Å². The van der Waals surface area contributed by atoms with E-state index in [1.807, 2.05) is 0 Å². The van der Waals surface area contributed by atoms with Gasteiger partial charge in [0.25, 0.3) is 0 Å². The van der Waals surface area contributed by atoms with Crippen LogP contribution in [0.3, 0.4) is 0 Å². The standard InChI is InChI=1S/C16H15F2NO2/c17-16(18,13-4-2-1-3-5-13)11-21-15(20)10-12-6-8-14(19)9-7-12/h1-9H,10-11,19H2. The van der Waals surface area contributed by atoms with Crippen molar-refractivity contribution < 1.29 is 18.3 Å². The second kappa shape index (κ2) is 6.35. The summed E-state index contributed by atoms with van der Waals surface area (Å²) in [6, 6.07) is 13.9. The van der Waals surface area contributed by atoms with Gasteiger partial charge < -0.3 is 10.5 Å². The predicted octanol–water partition coefficient (Wildman–Crippen LogP) is 3.15. The Morgan fingerprint density at radius 1 is 1.05 bits per heavy atom. The Morgan fingerprint density at radius 2 is 1.67 bits per heavy atom. The van der Waals surface area contributed by atoms with Gasteiger partial charge in [-0.25, -0.2) is 0 Å². The number of ether oxygens (including phenoxy) is 1. The third-order valence-electron chi connectivity index (χ3n) is 2.94. The molecule has 2 aromatic rings. The average molecular weight is 291 g/mol. The number of carbonyl (C=O) groups is 1. The van der Waals surface area contributed by atoms with Gasteiger partial charge in [-0.2, -0.15) is 8.78 Å². The van der Waals surface area contributed by atoms with Gasteiger partial charge in [0.15, 0.2) is 6.61 Å². The summed E-state index contributed by atoms with van der Waals surface area (Å²) in [5, 5.41) is 0. The summed E-state index contributed by atoms with van der Waals surface area (Å²) >= 11 is 0. The van der Waals surface area contributed by atoms with Crippen LogP contribution in [-0.2, 0) is 21.9 Å². The molecule has 0 saturated carbocycles. The van der Waals surface area contributed by atoms with E-state index in [2.05, 4.69) is 4.74 Å². The second-order valence-electron chi connectivity index (χ2n) is 4.65.